The number of aromatic amines is 1. The van der Waals surface area contributed by atoms with Crippen molar-refractivity contribution in [3.8, 4) is 0 Å². The number of imidazole rings is 1. The summed E-state index contributed by atoms with van der Waals surface area (Å²) in [6, 6.07) is 0.0450. The van der Waals surface area contributed by atoms with Gasteiger partial charge in [0.05, 0.1) is 6.20 Å². The fraction of sp³-hybridized carbons (Fsp3) is 0.769. The lowest BCUT2D eigenvalue weighted by Crippen LogP contribution is -2.42. The van der Waals surface area contributed by atoms with Gasteiger partial charge in [-0.2, -0.15) is 23.5 Å². The van der Waals surface area contributed by atoms with Crippen LogP contribution < -0.4 is 4.72 Å². The molecule has 3 rings (SSSR count). The van der Waals surface area contributed by atoms with Crippen LogP contribution in [0.15, 0.2) is 11.2 Å². The Morgan fingerprint density at radius 1 is 1.33 bits per heavy atom. The third kappa shape index (κ3) is 3.28. The van der Waals surface area contributed by atoms with Gasteiger partial charge in [0.2, 0.25) is 0 Å². The van der Waals surface area contributed by atoms with E-state index in [9.17, 15) is 8.42 Å². The van der Waals surface area contributed by atoms with Crippen molar-refractivity contribution in [3.63, 3.8) is 0 Å². The van der Waals surface area contributed by atoms with Crippen LogP contribution in [0.4, 0.5) is 0 Å². The molecule has 2 aliphatic rings. The minimum atomic E-state index is -3.50. The van der Waals surface area contributed by atoms with Crippen molar-refractivity contribution in [2.24, 2.45) is 0 Å². The zero-order valence-corrected chi connectivity index (χ0v) is 14.7. The van der Waals surface area contributed by atoms with Gasteiger partial charge >= 0.3 is 0 Å². The molecule has 2 fully saturated rings. The SMILES string of the molecule is CC(C)c1ncc(S(=O)(=O)NC2CCC3SCCSC23)[nH]1. The maximum atomic E-state index is 12.5. The molecule has 1 aromatic heterocycles. The molecule has 2 N–H and O–H groups in total. The second-order valence-corrected chi connectivity index (χ2v) is 10.2. The van der Waals surface area contributed by atoms with E-state index in [1.807, 2.05) is 37.4 Å². The van der Waals surface area contributed by atoms with E-state index in [0.29, 0.717) is 16.3 Å². The summed E-state index contributed by atoms with van der Waals surface area (Å²) in [5, 5.41) is 1.19. The van der Waals surface area contributed by atoms with E-state index in [1.165, 1.54) is 11.9 Å². The van der Waals surface area contributed by atoms with Crippen molar-refractivity contribution in [1.82, 2.24) is 14.7 Å². The van der Waals surface area contributed by atoms with Gasteiger partial charge in [0.15, 0.2) is 5.03 Å². The second-order valence-electron chi connectivity index (χ2n) is 5.84. The number of nitrogens with zero attached hydrogens (tertiary/aromatic N) is 1. The fourth-order valence-electron chi connectivity index (χ4n) is 2.85. The van der Waals surface area contributed by atoms with E-state index < -0.39 is 10.0 Å². The summed E-state index contributed by atoms with van der Waals surface area (Å²) in [5.41, 5.74) is 0. The number of thioether (sulfide) groups is 2. The van der Waals surface area contributed by atoms with Crippen molar-refractivity contribution in [2.75, 3.05) is 11.5 Å². The Labute approximate surface area is 134 Å². The predicted octanol–water partition coefficient (Wildman–Crippen LogP) is 2.19. The quantitative estimate of drug-likeness (QED) is 0.873. The highest BCUT2D eigenvalue weighted by molar-refractivity contribution is 8.07. The predicted molar refractivity (Wildman–Crippen MR) is 88.5 cm³/mol. The van der Waals surface area contributed by atoms with Crippen molar-refractivity contribution in [1.29, 1.82) is 0 Å². The Bertz CT molecular complexity index is 600. The molecule has 1 saturated carbocycles. The summed E-state index contributed by atoms with van der Waals surface area (Å²) in [5.74, 6) is 3.20. The highest BCUT2D eigenvalue weighted by Crippen LogP contribution is 2.42. The van der Waals surface area contributed by atoms with Crippen LogP contribution in [0.5, 0.6) is 0 Å². The molecule has 2 heterocycles. The van der Waals surface area contributed by atoms with Gasteiger partial charge in [-0.15, -0.1) is 0 Å². The first-order chi connectivity index (χ1) is 9.97. The van der Waals surface area contributed by atoms with Gasteiger partial charge in [-0.25, -0.2) is 18.1 Å². The molecule has 21 heavy (non-hydrogen) atoms. The van der Waals surface area contributed by atoms with Gasteiger partial charge < -0.3 is 4.98 Å². The summed E-state index contributed by atoms with van der Waals surface area (Å²) < 4.78 is 27.9. The zero-order chi connectivity index (χ0) is 15.0. The first kappa shape index (κ1) is 15.7. The molecular weight excluding hydrogens is 326 g/mol. The molecule has 1 aliphatic carbocycles. The monoisotopic (exact) mass is 347 g/mol. The summed E-state index contributed by atoms with van der Waals surface area (Å²) in [4.78, 5) is 7.08. The van der Waals surface area contributed by atoms with E-state index in [1.54, 1.807) is 0 Å². The maximum Gasteiger partial charge on any atom is 0.257 e. The Morgan fingerprint density at radius 3 is 2.81 bits per heavy atom. The van der Waals surface area contributed by atoms with Crippen molar-refractivity contribution >= 4 is 33.5 Å². The lowest BCUT2D eigenvalue weighted by molar-refractivity contribution is 0.552. The molecule has 3 unspecified atom stereocenters. The third-order valence-corrected chi connectivity index (χ3v) is 8.67. The Hall–Kier alpha value is -0.180. The van der Waals surface area contributed by atoms with Crippen molar-refractivity contribution in [3.05, 3.63) is 12.0 Å². The molecule has 118 valence electrons. The van der Waals surface area contributed by atoms with E-state index in [4.69, 9.17) is 0 Å². The van der Waals surface area contributed by atoms with Crippen molar-refractivity contribution in [2.45, 2.75) is 54.2 Å². The highest BCUT2D eigenvalue weighted by atomic mass is 32.2. The van der Waals surface area contributed by atoms with Crippen LogP contribution in [-0.2, 0) is 10.0 Å². The van der Waals surface area contributed by atoms with Crippen LogP contribution >= 0.6 is 23.5 Å². The minimum absolute atomic E-state index is 0.0450. The molecule has 0 bridgehead atoms. The summed E-state index contributed by atoms with van der Waals surface area (Å²) in [7, 11) is -3.50. The van der Waals surface area contributed by atoms with Crippen molar-refractivity contribution < 1.29 is 8.42 Å². The highest BCUT2D eigenvalue weighted by Gasteiger charge is 2.40. The first-order valence-electron chi connectivity index (χ1n) is 7.28. The van der Waals surface area contributed by atoms with E-state index in [-0.39, 0.29) is 17.0 Å². The Morgan fingerprint density at radius 2 is 2.10 bits per heavy atom. The molecule has 0 radical (unpaired) electrons. The number of fused-ring (bicyclic) bond motifs is 1. The number of rotatable bonds is 4. The topological polar surface area (TPSA) is 74.8 Å². The standard InChI is InChI=1S/C13H21N3O2S3/c1-8(2)13-14-7-11(15-13)21(17,18)16-9-3-4-10-12(9)20-6-5-19-10/h7-10,12,16H,3-6H2,1-2H3,(H,14,15). The van der Waals surface area contributed by atoms with Crippen LogP contribution in [0.2, 0.25) is 0 Å². The Balaban J connectivity index is 1.73. The molecule has 8 heteroatoms. The smallest absolute Gasteiger partial charge is 0.257 e. The van der Waals surface area contributed by atoms with Gasteiger partial charge in [-0.3, -0.25) is 0 Å². The number of nitrogens with one attached hydrogen (secondary N) is 2. The van der Waals surface area contributed by atoms with Gasteiger partial charge in [-0.05, 0) is 12.8 Å². The molecule has 0 spiro atoms. The van der Waals surface area contributed by atoms with E-state index in [0.717, 1.165) is 18.6 Å². The average Bonchev–Trinajstić information content (AvgIpc) is 3.06. The van der Waals surface area contributed by atoms with Gasteiger partial charge in [0.1, 0.15) is 5.82 Å². The lowest BCUT2D eigenvalue weighted by Gasteiger charge is -2.28. The Kier molecular flexibility index (Phi) is 4.59. The molecule has 1 aliphatic heterocycles. The van der Waals surface area contributed by atoms with Gasteiger partial charge in [0, 0.05) is 34.0 Å². The number of sulfonamides is 1. The molecule has 3 atom stereocenters. The molecule has 1 aromatic rings. The molecular formula is C13H21N3O2S3. The number of H-pyrrole nitrogens is 1. The lowest BCUT2D eigenvalue weighted by atomic mass is 10.2. The minimum Gasteiger partial charge on any atom is -0.332 e. The van der Waals surface area contributed by atoms with Crippen LogP contribution in [-0.4, -0.2) is 46.4 Å². The van der Waals surface area contributed by atoms with E-state index in [2.05, 4.69) is 14.7 Å². The largest absolute Gasteiger partial charge is 0.332 e. The maximum absolute atomic E-state index is 12.5. The zero-order valence-electron chi connectivity index (χ0n) is 12.2. The van der Waals surface area contributed by atoms with Crippen LogP contribution in [0.3, 0.4) is 0 Å². The summed E-state index contributed by atoms with van der Waals surface area (Å²) >= 11 is 3.91. The summed E-state index contributed by atoms with van der Waals surface area (Å²) in [6.45, 7) is 3.97. The van der Waals surface area contributed by atoms with Crippen LogP contribution in [0.1, 0.15) is 38.4 Å². The van der Waals surface area contributed by atoms with Crippen LogP contribution in [0.25, 0.3) is 0 Å². The number of hydrogen-bond acceptors (Lipinski definition) is 5. The molecule has 5 nitrogen and oxygen atoms in total. The molecule has 0 amide bonds. The van der Waals surface area contributed by atoms with Gasteiger partial charge in [-0.1, -0.05) is 13.8 Å². The first-order valence-corrected chi connectivity index (χ1v) is 10.9. The van der Waals surface area contributed by atoms with Gasteiger partial charge in [0.25, 0.3) is 10.0 Å². The van der Waals surface area contributed by atoms with E-state index >= 15 is 0 Å². The number of aromatic nitrogens is 2. The molecule has 1 saturated heterocycles. The van der Waals surface area contributed by atoms with Crippen LogP contribution in [0, 0.1) is 0 Å². The number of hydrogen-bond donors (Lipinski definition) is 2. The normalized spacial score (nSPS) is 29.8. The second kappa shape index (κ2) is 6.14. The fourth-order valence-corrected chi connectivity index (χ4v) is 7.45. The third-order valence-electron chi connectivity index (χ3n) is 3.97. The average molecular weight is 348 g/mol. The summed E-state index contributed by atoms with van der Waals surface area (Å²) in [6.07, 6.45) is 3.46. The molecule has 0 aromatic carbocycles.